The standard InChI is InChI=1S/C13H12N2O2S/c1-3-7-15-13(16)12-11(14)10-8(17-2)5-4-6-9(10)18-12/h1,4-6H,7,14H2,2H3,(H,15,16). The number of hydrogen-bond donors (Lipinski definition) is 2. The zero-order valence-electron chi connectivity index (χ0n) is 9.82. The van der Waals surface area contributed by atoms with Gasteiger partial charge in [-0.2, -0.15) is 0 Å². The lowest BCUT2D eigenvalue weighted by Crippen LogP contribution is -2.23. The number of fused-ring (bicyclic) bond motifs is 1. The van der Waals surface area contributed by atoms with Crippen molar-refractivity contribution < 1.29 is 9.53 Å². The molecule has 0 aliphatic carbocycles. The van der Waals surface area contributed by atoms with Crippen LogP contribution >= 0.6 is 11.3 Å². The smallest absolute Gasteiger partial charge is 0.264 e. The van der Waals surface area contributed by atoms with Crippen molar-refractivity contribution >= 4 is 33.0 Å². The molecule has 92 valence electrons. The first-order valence-electron chi connectivity index (χ1n) is 5.25. The van der Waals surface area contributed by atoms with Crippen molar-refractivity contribution in [2.75, 3.05) is 19.4 Å². The summed E-state index contributed by atoms with van der Waals surface area (Å²) in [4.78, 5) is 12.3. The zero-order valence-corrected chi connectivity index (χ0v) is 10.6. The van der Waals surface area contributed by atoms with Gasteiger partial charge in [0, 0.05) is 4.70 Å². The van der Waals surface area contributed by atoms with Crippen LogP contribution in [0.4, 0.5) is 5.69 Å². The predicted octanol–water partition coefficient (Wildman–Crippen LogP) is 1.86. The van der Waals surface area contributed by atoms with Crippen molar-refractivity contribution in [3.05, 3.63) is 23.1 Å². The van der Waals surface area contributed by atoms with Gasteiger partial charge in [0.05, 0.1) is 24.7 Å². The summed E-state index contributed by atoms with van der Waals surface area (Å²) in [5.74, 6) is 2.76. The molecule has 4 nitrogen and oxygen atoms in total. The van der Waals surface area contributed by atoms with Gasteiger partial charge in [-0.05, 0) is 12.1 Å². The van der Waals surface area contributed by atoms with Gasteiger partial charge in [-0.25, -0.2) is 0 Å². The van der Waals surface area contributed by atoms with E-state index in [9.17, 15) is 4.79 Å². The average molecular weight is 260 g/mol. The molecule has 0 fully saturated rings. The van der Waals surface area contributed by atoms with Crippen molar-refractivity contribution in [2.45, 2.75) is 0 Å². The van der Waals surface area contributed by atoms with Gasteiger partial charge >= 0.3 is 0 Å². The molecule has 0 radical (unpaired) electrons. The lowest BCUT2D eigenvalue weighted by Gasteiger charge is -2.02. The van der Waals surface area contributed by atoms with Crippen molar-refractivity contribution in [3.8, 4) is 18.1 Å². The van der Waals surface area contributed by atoms with E-state index in [-0.39, 0.29) is 12.5 Å². The van der Waals surface area contributed by atoms with E-state index in [1.54, 1.807) is 7.11 Å². The summed E-state index contributed by atoms with van der Waals surface area (Å²) >= 11 is 1.33. The van der Waals surface area contributed by atoms with E-state index in [4.69, 9.17) is 16.9 Å². The number of anilines is 1. The summed E-state index contributed by atoms with van der Waals surface area (Å²) in [5, 5.41) is 3.38. The molecule has 3 N–H and O–H groups in total. The van der Waals surface area contributed by atoms with Gasteiger partial charge in [0.1, 0.15) is 10.6 Å². The number of rotatable bonds is 3. The Kier molecular flexibility index (Phi) is 3.40. The first-order valence-corrected chi connectivity index (χ1v) is 6.07. The number of nitrogens with one attached hydrogen (secondary N) is 1. The summed E-state index contributed by atoms with van der Waals surface area (Å²) < 4.78 is 6.16. The third-order valence-corrected chi connectivity index (χ3v) is 3.66. The first kappa shape index (κ1) is 12.3. The number of nitrogen functional groups attached to an aromatic ring is 1. The molecule has 2 rings (SSSR count). The maximum absolute atomic E-state index is 11.9. The molecule has 1 aromatic heterocycles. The minimum Gasteiger partial charge on any atom is -0.496 e. The van der Waals surface area contributed by atoms with Crippen molar-refractivity contribution in [1.29, 1.82) is 0 Å². The highest BCUT2D eigenvalue weighted by Gasteiger charge is 2.18. The van der Waals surface area contributed by atoms with Crippen molar-refractivity contribution in [1.82, 2.24) is 5.32 Å². The Morgan fingerprint density at radius 3 is 3.06 bits per heavy atom. The Morgan fingerprint density at radius 2 is 2.39 bits per heavy atom. The minimum absolute atomic E-state index is 0.184. The fourth-order valence-electron chi connectivity index (χ4n) is 1.69. The molecule has 0 saturated carbocycles. The quantitative estimate of drug-likeness (QED) is 0.828. The number of thiophene rings is 1. The molecular formula is C13H12N2O2S. The Morgan fingerprint density at radius 1 is 1.61 bits per heavy atom. The number of hydrogen-bond acceptors (Lipinski definition) is 4. The van der Waals surface area contributed by atoms with E-state index in [1.165, 1.54) is 11.3 Å². The highest BCUT2D eigenvalue weighted by Crippen LogP contribution is 2.39. The van der Waals surface area contributed by atoms with E-state index < -0.39 is 0 Å². The number of nitrogens with two attached hydrogens (primary N) is 1. The number of amides is 1. The maximum Gasteiger partial charge on any atom is 0.264 e. The van der Waals surface area contributed by atoms with Gasteiger partial charge in [-0.1, -0.05) is 12.0 Å². The predicted molar refractivity (Wildman–Crippen MR) is 74.0 cm³/mol. The Labute approximate surface area is 109 Å². The Balaban J connectivity index is 2.51. The Bertz CT molecular complexity index is 640. The van der Waals surface area contributed by atoms with Gasteiger partial charge < -0.3 is 15.8 Å². The minimum atomic E-state index is -0.256. The normalized spacial score (nSPS) is 10.0. The van der Waals surface area contributed by atoms with Gasteiger partial charge in [0.25, 0.3) is 5.91 Å². The summed E-state index contributed by atoms with van der Waals surface area (Å²) in [6, 6.07) is 5.58. The molecule has 1 heterocycles. The fraction of sp³-hybridized carbons (Fsp3) is 0.154. The van der Waals surface area contributed by atoms with Gasteiger partial charge in [0.15, 0.2) is 0 Å². The number of carbonyl (C=O) groups is 1. The van der Waals surface area contributed by atoms with Gasteiger partial charge in [0.2, 0.25) is 0 Å². The van der Waals surface area contributed by atoms with Crippen LogP contribution in [0.2, 0.25) is 0 Å². The average Bonchev–Trinajstić information content (AvgIpc) is 2.73. The van der Waals surface area contributed by atoms with Crippen LogP contribution in [0, 0.1) is 12.3 Å². The zero-order chi connectivity index (χ0) is 13.1. The van der Waals surface area contributed by atoms with Crippen molar-refractivity contribution in [2.24, 2.45) is 0 Å². The molecule has 0 unspecified atom stereocenters. The molecule has 0 spiro atoms. The lowest BCUT2D eigenvalue weighted by atomic mass is 10.2. The molecular weight excluding hydrogens is 248 g/mol. The molecule has 5 heteroatoms. The van der Waals surface area contributed by atoms with Crippen molar-refractivity contribution in [3.63, 3.8) is 0 Å². The molecule has 18 heavy (non-hydrogen) atoms. The number of methoxy groups -OCH3 is 1. The second-order valence-corrected chi connectivity index (χ2v) is 4.62. The van der Waals surface area contributed by atoms with Crippen LogP contribution in [0.5, 0.6) is 5.75 Å². The molecule has 0 aliphatic heterocycles. The number of benzene rings is 1. The summed E-state index contributed by atoms with van der Waals surface area (Å²) in [6.07, 6.45) is 5.10. The van der Waals surface area contributed by atoms with E-state index in [2.05, 4.69) is 11.2 Å². The van der Waals surface area contributed by atoms with Crippen LogP contribution in [-0.2, 0) is 0 Å². The van der Waals surface area contributed by atoms with Gasteiger partial charge in [-0.15, -0.1) is 17.8 Å². The SMILES string of the molecule is C#CCNC(=O)c1sc2cccc(OC)c2c1N. The third-order valence-electron chi connectivity index (χ3n) is 2.49. The number of carbonyl (C=O) groups excluding carboxylic acids is 1. The second kappa shape index (κ2) is 4.98. The summed E-state index contributed by atoms with van der Waals surface area (Å²) in [6.45, 7) is 0.184. The lowest BCUT2D eigenvalue weighted by molar-refractivity contribution is 0.0963. The summed E-state index contributed by atoms with van der Waals surface area (Å²) in [7, 11) is 1.57. The number of ether oxygens (including phenoxy) is 1. The van der Waals surface area contributed by atoms with Crippen LogP contribution in [0.25, 0.3) is 10.1 Å². The van der Waals surface area contributed by atoms with Crippen LogP contribution in [0.15, 0.2) is 18.2 Å². The third kappa shape index (κ3) is 1.98. The number of terminal acetylenes is 1. The molecule has 2 aromatic rings. The molecule has 0 saturated heterocycles. The van der Waals surface area contributed by atoms with Crippen LogP contribution < -0.4 is 15.8 Å². The second-order valence-electron chi connectivity index (χ2n) is 3.57. The topological polar surface area (TPSA) is 64.3 Å². The van der Waals surface area contributed by atoms with E-state index in [0.29, 0.717) is 16.3 Å². The van der Waals surface area contributed by atoms with E-state index in [0.717, 1.165) is 10.1 Å². The molecule has 0 atom stereocenters. The monoisotopic (exact) mass is 260 g/mol. The maximum atomic E-state index is 11.9. The van der Waals surface area contributed by atoms with Gasteiger partial charge in [-0.3, -0.25) is 4.79 Å². The van der Waals surface area contributed by atoms with Crippen LogP contribution in [0.3, 0.4) is 0 Å². The molecule has 0 bridgehead atoms. The Hall–Kier alpha value is -2.19. The molecule has 1 aromatic carbocycles. The van der Waals surface area contributed by atoms with E-state index in [1.807, 2.05) is 18.2 Å². The fourth-order valence-corrected chi connectivity index (χ4v) is 2.75. The van der Waals surface area contributed by atoms with E-state index >= 15 is 0 Å². The highest BCUT2D eigenvalue weighted by molar-refractivity contribution is 7.21. The van der Waals surface area contributed by atoms with Crippen LogP contribution in [-0.4, -0.2) is 19.6 Å². The van der Waals surface area contributed by atoms with Crippen LogP contribution in [0.1, 0.15) is 9.67 Å². The largest absolute Gasteiger partial charge is 0.496 e. The molecule has 0 aliphatic rings. The first-order chi connectivity index (χ1) is 8.69. The summed E-state index contributed by atoms with van der Waals surface area (Å²) in [5.41, 5.74) is 6.44. The molecule has 1 amide bonds. The highest BCUT2D eigenvalue weighted by atomic mass is 32.1.